The third-order valence-corrected chi connectivity index (χ3v) is 5.76. The molecule has 5 rings (SSSR count). The summed E-state index contributed by atoms with van der Waals surface area (Å²) in [5, 5.41) is 10.4. The van der Waals surface area contributed by atoms with Crippen molar-refractivity contribution in [1.82, 2.24) is 20.3 Å². The number of amides is 1. The zero-order valence-corrected chi connectivity index (χ0v) is 19.4. The number of para-hydroxylation sites is 1. The van der Waals surface area contributed by atoms with Gasteiger partial charge in [0.15, 0.2) is 0 Å². The van der Waals surface area contributed by atoms with Crippen LogP contribution in [0.2, 0.25) is 0 Å². The fraction of sp³-hybridized carbons (Fsp3) is 0.185. The molecule has 0 spiro atoms. The van der Waals surface area contributed by atoms with E-state index in [9.17, 15) is 4.79 Å². The van der Waals surface area contributed by atoms with E-state index in [2.05, 4.69) is 44.6 Å². The molecule has 1 aliphatic heterocycles. The smallest absolute Gasteiger partial charge is 0.250 e. The molecule has 2 aromatic carbocycles. The molecular formula is C27H26N6O2. The van der Waals surface area contributed by atoms with E-state index >= 15 is 0 Å². The van der Waals surface area contributed by atoms with Crippen molar-refractivity contribution in [3.8, 4) is 11.3 Å². The van der Waals surface area contributed by atoms with Crippen LogP contribution in [0.5, 0.6) is 0 Å². The predicted molar refractivity (Wildman–Crippen MR) is 138 cm³/mol. The first kappa shape index (κ1) is 22.6. The van der Waals surface area contributed by atoms with Crippen molar-refractivity contribution in [2.24, 2.45) is 0 Å². The van der Waals surface area contributed by atoms with Crippen molar-refractivity contribution in [3.05, 3.63) is 84.7 Å². The van der Waals surface area contributed by atoms with Gasteiger partial charge in [-0.25, -0.2) is 9.97 Å². The van der Waals surface area contributed by atoms with Crippen LogP contribution in [0.4, 0.5) is 17.3 Å². The monoisotopic (exact) mass is 466 g/mol. The van der Waals surface area contributed by atoms with E-state index in [-0.39, 0.29) is 12.0 Å². The lowest BCUT2D eigenvalue weighted by Gasteiger charge is -2.24. The van der Waals surface area contributed by atoms with Crippen LogP contribution in [0.3, 0.4) is 0 Å². The molecule has 1 atom stereocenters. The first-order valence-corrected chi connectivity index (χ1v) is 11.5. The van der Waals surface area contributed by atoms with Gasteiger partial charge in [0.2, 0.25) is 5.95 Å². The van der Waals surface area contributed by atoms with Gasteiger partial charge in [-0.3, -0.25) is 9.78 Å². The van der Waals surface area contributed by atoms with Crippen LogP contribution in [0.25, 0.3) is 22.2 Å². The van der Waals surface area contributed by atoms with Crippen molar-refractivity contribution >= 4 is 34.1 Å². The summed E-state index contributed by atoms with van der Waals surface area (Å²) < 4.78 is 5.83. The first-order chi connectivity index (χ1) is 17.1. The first-order valence-electron chi connectivity index (χ1n) is 11.5. The van der Waals surface area contributed by atoms with Crippen LogP contribution in [0, 0.1) is 0 Å². The molecule has 3 heterocycles. The minimum Gasteiger partial charge on any atom is -0.371 e. The molecule has 0 aliphatic carbocycles. The van der Waals surface area contributed by atoms with Crippen molar-refractivity contribution in [2.75, 3.05) is 30.3 Å². The fourth-order valence-electron chi connectivity index (χ4n) is 3.91. The Balaban J connectivity index is 1.41. The Hall–Kier alpha value is -4.14. The number of hydrogen-bond donors (Lipinski definition) is 3. The molecule has 35 heavy (non-hydrogen) atoms. The number of morpholine rings is 1. The molecule has 3 N–H and O–H groups in total. The average molecular weight is 467 g/mol. The summed E-state index contributed by atoms with van der Waals surface area (Å²) in [5.74, 6) is 0.256. The zero-order chi connectivity index (χ0) is 24.2. The summed E-state index contributed by atoms with van der Waals surface area (Å²) in [5.41, 5.74) is 5.41. The highest BCUT2D eigenvalue weighted by Crippen LogP contribution is 2.29. The van der Waals surface area contributed by atoms with E-state index in [1.807, 2.05) is 36.4 Å². The Morgan fingerprint density at radius 1 is 1.11 bits per heavy atom. The number of benzene rings is 2. The van der Waals surface area contributed by atoms with Gasteiger partial charge in [0.25, 0.3) is 5.91 Å². The average Bonchev–Trinajstić information content (AvgIpc) is 2.89. The molecule has 1 unspecified atom stereocenters. The van der Waals surface area contributed by atoms with Crippen LogP contribution >= 0.6 is 0 Å². The number of ether oxygens (including phenoxy) is 1. The molecule has 8 nitrogen and oxygen atoms in total. The highest BCUT2D eigenvalue weighted by Gasteiger charge is 2.15. The van der Waals surface area contributed by atoms with Gasteiger partial charge in [0, 0.05) is 53.4 Å². The molecule has 0 saturated carbocycles. The summed E-state index contributed by atoms with van der Waals surface area (Å²) in [6.07, 6.45) is 3.52. The Morgan fingerprint density at radius 2 is 1.97 bits per heavy atom. The van der Waals surface area contributed by atoms with Gasteiger partial charge < -0.3 is 20.7 Å². The molecule has 176 valence electrons. The maximum atomic E-state index is 12.0. The zero-order valence-electron chi connectivity index (χ0n) is 19.4. The number of nitrogens with zero attached hydrogens (tertiary/aromatic N) is 3. The maximum absolute atomic E-state index is 12.0. The molecule has 2 aromatic heterocycles. The highest BCUT2D eigenvalue weighted by atomic mass is 16.5. The van der Waals surface area contributed by atoms with Crippen molar-refractivity contribution in [1.29, 1.82) is 0 Å². The Morgan fingerprint density at radius 3 is 2.74 bits per heavy atom. The van der Waals surface area contributed by atoms with E-state index in [0.29, 0.717) is 22.9 Å². The van der Waals surface area contributed by atoms with Gasteiger partial charge in [0.05, 0.1) is 23.9 Å². The largest absolute Gasteiger partial charge is 0.371 e. The lowest BCUT2D eigenvalue weighted by atomic mass is 10.1. The Labute approximate surface area is 203 Å². The minimum absolute atomic E-state index is 0.0701. The number of nitrogens with one attached hydrogen (secondary N) is 3. The van der Waals surface area contributed by atoms with E-state index in [1.165, 1.54) is 0 Å². The van der Waals surface area contributed by atoms with Crippen molar-refractivity contribution in [3.63, 3.8) is 0 Å². The maximum Gasteiger partial charge on any atom is 0.250 e. The minimum atomic E-state index is -0.230. The second-order valence-electron chi connectivity index (χ2n) is 8.41. The van der Waals surface area contributed by atoms with Crippen LogP contribution in [-0.4, -0.2) is 40.6 Å². The van der Waals surface area contributed by atoms with Crippen LogP contribution in [0.15, 0.2) is 79.1 Å². The van der Waals surface area contributed by atoms with Gasteiger partial charge in [-0.1, -0.05) is 36.9 Å². The molecule has 1 saturated heterocycles. The van der Waals surface area contributed by atoms with Crippen LogP contribution in [0.1, 0.15) is 18.6 Å². The third kappa shape index (κ3) is 5.18. The summed E-state index contributed by atoms with van der Waals surface area (Å²) in [6.45, 7) is 7.78. The molecule has 0 bridgehead atoms. The molecule has 0 radical (unpaired) electrons. The summed E-state index contributed by atoms with van der Waals surface area (Å²) in [4.78, 5) is 25.8. The van der Waals surface area contributed by atoms with E-state index < -0.39 is 0 Å². The lowest BCUT2D eigenvalue weighted by molar-refractivity contribution is -0.112. The van der Waals surface area contributed by atoms with Gasteiger partial charge in [-0.15, -0.1) is 0 Å². The highest BCUT2D eigenvalue weighted by molar-refractivity contribution is 6.03. The van der Waals surface area contributed by atoms with E-state index in [4.69, 9.17) is 9.72 Å². The summed E-state index contributed by atoms with van der Waals surface area (Å²) in [6, 6.07) is 17.5. The molecular weight excluding hydrogens is 440 g/mol. The Bertz CT molecular complexity index is 1380. The number of anilines is 3. The van der Waals surface area contributed by atoms with Gasteiger partial charge in [-0.05, 0) is 36.8 Å². The second kappa shape index (κ2) is 10.0. The SMILES string of the molecule is C=C(C)C(=O)Nc1ccnc(-c2cccc3cnc(Nc4ccc(C5CNCCO5)cc4)nc23)c1. The van der Waals surface area contributed by atoms with Gasteiger partial charge in [-0.2, -0.15) is 0 Å². The second-order valence-corrected chi connectivity index (χ2v) is 8.41. The fourth-order valence-corrected chi connectivity index (χ4v) is 3.91. The number of hydrogen-bond acceptors (Lipinski definition) is 7. The van der Waals surface area contributed by atoms with Crippen molar-refractivity contribution in [2.45, 2.75) is 13.0 Å². The van der Waals surface area contributed by atoms with Gasteiger partial charge >= 0.3 is 0 Å². The molecule has 8 heteroatoms. The molecule has 1 fully saturated rings. The van der Waals surface area contributed by atoms with E-state index in [0.717, 1.165) is 47.4 Å². The van der Waals surface area contributed by atoms with E-state index in [1.54, 1.807) is 25.4 Å². The summed E-state index contributed by atoms with van der Waals surface area (Å²) >= 11 is 0. The topological polar surface area (TPSA) is 101 Å². The van der Waals surface area contributed by atoms with Crippen LogP contribution < -0.4 is 16.0 Å². The molecule has 1 amide bonds. The normalized spacial score (nSPS) is 15.5. The number of carbonyl (C=O) groups excluding carboxylic acids is 1. The lowest BCUT2D eigenvalue weighted by Crippen LogP contribution is -2.33. The molecule has 1 aliphatic rings. The third-order valence-electron chi connectivity index (χ3n) is 5.76. The quantitative estimate of drug-likeness (QED) is 0.357. The number of aromatic nitrogens is 3. The number of rotatable bonds is 6. The predicted octanol–water partition coefficient (Wildman–Crippen LogP) is 4.61. The number of pyridine rings is 1. The van der Waals surface area contributed by atoms with Gasteiger partial charge in [0.1, 0.15) is 0 Å². The van der Waals surface area contributed by atoms with Crippen molar-refractivity contribution < 1.29 is 9.53 Å². The standard InChI is InChI=1S/C27H26N6O2/c1-17(2)26(34)31-21-10-11-29-23(14-21)22-5-3-4-19-15-30-27(33-25(19)22)32-20-8-6-18(7-9-20)24-16-28-12-13-35-24/h3-11,14-15,24,28H,1,12-13,16H2,2H3,(H,29,31,34)(H,30,32,33). The number of fused-ring (bicyclic) bond motifs is 1. The number of carbonyl (C=O) groups is 1. The Kier molecular flexibility index (Phi) is 6.47. The molecule has 4 aromatic rings. The van der Waals surface area contributed by atoms with Crippen LogP contribution in [-0.2, 0) is 9.53 Å². The summed E-state index contributed by atoms with van der Waals surface area (Å²) in [7, 11) is 0.